The Hall–Kier alpha value is -3.15. The summed E-state index contributed by atoms with van der Waals surface area (Å²) in [6.45, 7) is 4.80. The van der Waals surface area contributed by atoms with E-state index in [9.17, 15) is 14.4 Å². The van der Waals surface area contributed by atoms with Crippen molar-refractivity contribution in [1.82, 2.24) is 4.90 Å². The van der Waals surface area contributed by atoms with Gasteiger partial charge in [0, 0.05) is 30.8 Å². The highest BCUT2D eigenvalue weighted by Gasteiger charge is 2.14. The number of hydrogen-bond acceptors (Lipinski definition) is 3. The van der Waals surface area contributed by atoms with Crippen molar-refractivity contribution in [2.75, 3.05) is 18.4 Å². The molecule has 0 saturated carbocycles. The minimum absolute atomic E-state index is 0.0000332. The number of nitrogens with one attached hydrogen (secondary N) is 1. The smallest absolute Gasteiger partial charge is 0.248 e. The Balaban J connectivity index is 1.84. The summed E-state index contributed by atoms with van der Waals surface area (Å²) in [4.78, 5) is 37.3. The van der Waals surface area contributed by atoms with E-state index >= 15 is 0 Å². The number of nitrogens with two attached hydrogens (primary N) is 1. The van der Waals surface area contributed by atoms with E-state index in [-0.39, 0.29) is 18.2 Å². The van der Waals surface area contributed by atoms with Crippen molar-refractivity contribution in [2.24, 2.45) is 5.73 Å². The van der Waals surface area contributed by atoms with Gasteiger partial charge in [-0.05, 0) is 43.7 Å². The van der Waals surface area contributed by atoms with Gasteiger partial charge in [-0.15, -0.1) is 0 Å². The van der Waals surface area contributed by atoms with E-state index in [1.165, 1.54) is 0 Å². The second kappa shape index (κ2) is 9.52. The Morgan fingerprint density at radius 1 is 1.00 bits per heavy atom. The average Bonchev–Trinajstić information content (AvgIpc) is 2.64. The number of anilines is 1. The molecule has 0 heterocycles. The molecule has 0 unspecified atom stereocenters. The molecule has 0 aliphatic heterocycles. The van der Waals surface area contributed by atoms with Gasteiger partial charge >= 0.3 is 0 Å². The third-order valence-corrected chi connectivity index (χ3v) is 4.27. The number of primary amides is 1. The Kier molecular flexibility index (Phi) is 7.11. The molecule has 0 bridgehead atoms. The van der Waals surface area contributed by atoms with Crippen molar-refractivity contribution >= 4 is 23.4 Å². The molecule has 6 heteroatoms. The van der Waals surface area contributed by atoms with Crippen molar-refractivity contribution in [3.8, 4) is 0 Å². The van der Waals surface area contributed by atoms with E-state index in [0.29, 0.717) is 30.8 Å². The maximum absolute atomic E-state index is 12.5. The molecule has 2 aromatic rings. The van der Waals surface area contributed by atoms with Crippen LogP contribution in [0, 0.1) is 6.92 Å². The Morgan fingerprint density at radius 2 is 1.63 bits per heavy atom. The van der Waals surface area contributed by atoms with Gasteiger partial charge in [0.05, 0.1) is 6.42 Å². The number of rotatable bonds is 8. The molecule has 3 N–H and O–H groups in total. The number of nitrogens with zero attached hydrogens (tertiary/aromatic N) is 1. The van der Waals surface area contributed by atoms with Crippen LogP contribution in [0.2, 0.25) is 0 Å². The van der Waals surface area contributed by atoms with E-state index in [4.69, 9.17) is 5.73 Å². The molecule has 0 saturated heterocycles. The van der Waals surface area contributed by atoms with Gasteiger partial charge in [0.15, 0.2) is 0 Å². The summed E-state index contributed by atoms with van der Waals surface area (Å²) in [6, 6.07) is 14.2. The highest BCUT2D eigenvalue weighted by Crippen LogP contribution is 2.10. The van der Waals surface area contributed by atoms with Gasteiger partial charge in [-0.1, -0.05) is 29.8 Å². The molecule has 0 atom stereocenters. The normalized spacial score (nSPS) is 10.3. The van der Waals surface area contributed by atoms with Crippen LogP contribution in [0.5, 0.6) is 0 Å². The second-order valence-corrected chi connectivity index (χ2v) is 6.38. The molecule has 2 rings (SSSR count). The quantitative estimate of drug-likeness (QED) is 0.751. The van der Waals surface area contributed by atoms with Crippen LogP contribution in [0.1, 0.15) is 34.8 Å². The molecular weight excluding hydrogens is 342 g/mol. The molecular formula is C21H25N3O3. The van der Waals surface area contributed by atoms with E-state index < -0.39 is 5.91 Å². The molecule has 27 heavy (non-hydrogen) atoms. The van der Waals surface area contributed by atoms with E-state index in [2.05, 4.69) is 5.32 Å². The van der Waals surface area contributed by atoms with Crippen LogP contribution in [0.25, 0.3) is 0 Å². The van der Waals surface area contributed by atoms with Crippen LogP contribution in [-0.4, -0.2) is 35.7 Å². The SMILES string of the molecule is CCN(CCC(=O)Nc1ccc(C(N)=O)cc1)C(=O)Cc1ccc(C)cc1. The standard InChI is InChI=1S/C21H25N3O3/c1-3-24(20(26)14-16-6-4-15(2)5-7-16)13-12-19(25)23-18-10-8-17(9-11-18)21(22)27/h4-11H,3,12-14H2,1-2H3,(H2,22,27)(H,23,25). The lowest BCUT2D eigenvalue weighted by molar-refractivity contribution is -0.130. The van der Waals surface area contributed by atoms with Gasteiger partial charge < -0.3 is 16.0 Å². The molecule has 0 fully saturated rings. The Labute approximate surface area is 159 Å². The van der Waals surface area contributed by atoms with Crippen LogP contribution in [0.15, 0.2) is 48.5 Å². The van der Waals surface area contributed by atoms with E-state index in [1.54, 1.807) is 29.2 Å². The van der Waals surface area contributed by atoms with Gasteiger partial charge in [-0.3, -0.25) is 14.4 Å². The summed E-state index contributed by atoms with van der Waals surface area (Å²) in [7, 11) is 0. The molecule has 0 aliphatic carbocycles. The molecule has 0 spiro atoms. The zero-order chi connectivity index (χ0) is 19.8. The van der Waals surface area contributed by atoms with Crippen LogP contribution in [0.3, 0.4) is 0 Å². The molecule has 6 nitrogen and oxygen atoms in total. The molecule has 0 aromatic heterocycles. The van der Waals surface area contributed by atoms with Crippen LogP contribution >= 0.6 is 0 Å². The first-order valence-corrected chi connectivity index (χ1v) is 8.92. The van der Waals surface area contributed by atoms with Crippen molar-refractivity contribution < 1.29 is 14.4 Å². The lowest BCUT2D eigenvalue weighted by atomic mass is 10.1. The Morgan fingerprint density at radius 3 is 2.19 bits per heavy atom. The van der Waals surface area contributed by atoms with Crippen molar-refractivity contribution in [1.29, 1.82) is 0 Å². The third kappa shape index (κ3) is 6.26. The first-order chi connectivity index (χ1) is 12.9. The first-order valence-electron chi connectivity index (χ1n) is 8.92. The van der Waals surface area contributed by atoms with Crippen LogP contribution in [0.4, 0.5) is 5.69 Å². The Bertz CT molecular complexity index is 798. The summed E-state index contributed by atoms with van der Waals surface area (Å²) in [6.07, 6.45) is 0.523. The monoisotopic (exact) mass is 367 g/mol. The maximum atomic E-state index is 12.5. The highest BCUT2D eigenvalue weighted by atomic mass is 16.2. The number of amides is 3. The molecule has 2 aromatic carbocycles. The summed E-state index contributed by atoms with van der Waals surface area (Å²) in [5, 5.41) is 2.75. The van der Waals surface area contributed by atoms with Gasteiger partial charge in [0.25, 0.3) is 0 Å². The van der Waals surface area contributed by atoms with E-state index in [0.717, 1.165) is 11.1 Å². The third-order valence-electron chi connectivity index (χ3n) is 4.27. The van der Waals surface area contributed by atoms with Gasteiger partial charge in [0.1, 0.15) is 0 Å². The number of aryl methyl sites for hydroxylation is 1. The van der Waals surface area contributed by atoms with Crippen molar-refractivity contribution in [3.63, 3.8) is 0 Å². The summed E-state index contributed by atoms with van der Waals surface area (Å²) < 4.78 is 0. The molecule has 0 aliphatic rings. The van der Waals surface area contributed by atoms with E-state index in [1.807, 2.05) is 38.1 Å². The number of carbonyl (C=O) groups excluding carboxylic acids is 3. The number of likely N-dealkylation sites (N-methyl/N-ethyl adjacent to an activating group) is 1. The lowest BCUT2D eigenvalue weighted by Gasteiger charge is -2.21. The van der Waals surface area contributed by atoms with Gasteiger partial charge in [0.2, 0.25) is 17.7 Å². The summed E-state index contributed by atoms with van der Waals surface area (Å²) in [5.41, 5.74) is 8.27. The zero-order valence-corrected chi connectivity index (χ0v) is 15.7. The predicted octanol–water partition coefficient (Wildman–Crippen LogP) is 2.51. The fraction of sp³-hybridized carbons (Fsp3) is 0.286. The largest absolute Gasteiger partial charge is 0.366 e. The number of benzene rings is 2. The highest BCUT2D eigenvalue weighted by molar-refractivity contribution is 5.95. The van der Waals surface area contributed by atoms with Gasteiger partial charge in [-0.2, -0.15) is 0 Å². The predicted molar refractivity (Wildman–Crippen MR) is 105 cm³/mol. The number of carbonyl (C=O) groups is 3. The van der Waals surface area contributed by atoms with Gasteiger partial charge in [-0.25, -0.2) is 0 Å². The van der Waals surface area contributed by atoms with Crippen LogP contribution in [-0.2, 0) is 16.0 Å². The van der Waals surface area contributed by atoms with Crippen molar-refractivity contribution in [2.45, 2.75) is 26.7 Å². The second-order valence-electron chi connectivity index (χ2n) is 6.38. The van der Waals surface area contributed by atoms with Crippen LogP contribution < -0.4 is 11.1 Å². The summed E-state index contributed by atoms with van der Waals surface area (Å²) >= 11 is 0. The molecule has 142 valence electrons. The summed E-state index contributed by atoms with van der Waals surface area (Å²) in [5.74, 6) is -0.707. The van der Waals surface area contributed by atoms with Crippen molar-refractivity contribution in [3.05, 3.63) is 65.2 Å². The fourth-order valence-corrected chi connectivity index (χ4v) is 2.63. The molecule has 0 radical (unpaired) electrons. The fourth-order valence-electron chi connectivity index (χ4n) is 2.63. The average molecular weight is 367 g/mol. The first kappa shape index (κ1) is 20.2. The zero-order valence-electron chi connectivity index (χ0n) is 15.7. The number of hydrogen-bond donors (Lipinski definition) is 2. The topological polar surface area (TPSA) is 92.5 Å². The maximum Gasteiger partial charge on any atom is 0.248 e. The minimum atomic E-state index is -0.515. The molecule has 3 amide bonds. The minimum Gasteiger partial charge on any atom is -0.366 e. The lowest BCUT2D eigenvalue weighted by Crippen LogP contribution is -2.34.